The molecule has 1 aliphatic heterocycles. The summed E-state index contributed by atoms with van der Waals surface area (Å²) in [5.41, 5.74) is 1.16. The van der Waals surface area contributed by atoms with Crippen molar-refractivity contribution >= 4 is 5.69 Å². The number of hydrogen-bond donors (Lipinski definition) is 1. The summed E-state index contributed by atoms with van der Waals surface area (Å²) in [5, 5.41) is 9.75. The maximum Gasteiger partial charge on any atom is 0.0741 e. The van der Waals surface area contributed by atoms with Crippen LogP contribution in [0, 0.1) is 5.92 Å². The molecule has 76 valence electrons. The zero-order valence-corrected chi connectivity index (χ0v) is 8.43. The van der Waals surface area contributed by atoms with Crippen molar-refractivity contribution in [3.8, 4) is 0 Å². The summed E-state index contributed by atoms with van der Waals surface area (Å²) in [7, 11) is 0. The van der Waals surface area contributed by atoms with Gasteiger partial charge >= 0.3 is 0 Å². The molecule has 14 heavy (non-hydrogen) atoms. The van der Waals surface area contributed by atoms with E-state index in [1.54, 1.807) is 12.4 Å². The molecule has 2 atom stereocenters. The van der Waals surface area contributed by atoms with Gasteiger partial charge in [-0.1, -0.05) is 6.92 Å². The molecular weight excluding hydrogens is 176 g/mol. The standard InChI is InChI=1S/C11H16N2O/c1-9-4-7-13(8-11(9)14)10-2-5-12-6-3-10/h2-3,5-6,9,11,14H,4,7-8H2,1H3. The molecule has 3 nitrogen and oxygen atoms in total. The Bertz CT molecular complexity index is 289. The Kier molecular flexibility index (Phi) is 2.68. The lowest BCUT2D eigenvalue weighted by Gasteiger charge is -2.35. The van der Waals surface area contributed by atoms with Crippen LogP contribution in [-0.2, 0) is 0 Å². The van der Waals surface area contributed by atoms with Crippen LogP contribution in [0.5, 0.6) is 0 Å². The van der Waals surface area contributed by atoms with Crippen molar-refractivity contribution in [2.45, 2.75) is 19.4 Å². The first-order valence-electron chi connectivity index (χ1n) is 5.10. The zero-order chi connectivity index (χ0) is 9.97. The van der Waals surface area contributed by atoms with E-state index in [0.717, 1.165) is 25.2 Å². The van der Waals surface area contributed by atoms with Crippen LogP contribution in [-0.4, -0.2) is 29.3 Å². The van der Waals surface area contributed by atoms with E-state index in [9.17, 15) is 5.11 Å². The van der Waals surface area contributed by atoms with Crippen LogP contribution >= 0.6 is 0 Å². The molecule has 0 amide bonds. The van der Waals surface area contributed by atoms with Gasteiger partial charge in [0.15, 0.2) is 0 Å². The number of aromatic nitrogens is 1. The van der Waals surface area contributed by atoms with Gasteiger partial charge in [0.1, 0.15) is 0 Å². The number of piperidine rings is 1. The lowest BCUT2D eigenvalue weighted by atomic mass is 9.96. The molecule has 1 aromatic heterocycles. The SMILES string of the molecule is CC1CCN(c2ccncc2)CC1O. The Hall–Kier alpha value is -1.09. The van der Waals surface area contributed by atoms with Crippen LogP contribution < -0.4 is 4.90 Å². The second kappa shape index (κ2) is 3.96. The minimum absolute atomic E-state index is 0.197. The smallest absolute Gasteiger partial charge is 0.0741 e. The van der Waals surface area contributed by atoms with Crippen molar-refractivity contribution in [1.82, 2.24) is 4.98 Å². The predicted octanol–water partition coefficient (Wildman–Crippen LogP) is 1.29. The Morgan fingerprint density at radius 1 is 1.43 bits per heavy atom. The molecule has 0 aromatic carbocycles. The number of nitrogens with zero attached hydrogens (tertiary/aromatic N) is 2. The van der Waals surface area contributed by atoms with Gasteiger partial charge in [0, 0.05) is 31.2 Å². The molecular formula is C11H16N2O. The molecule has 2 rings (SSSR count). The van der Waals surface area contributed by atoms with Crippen molar-refractivity contribution < 1.29 is 5.11 Å². The Balaban J connectivity index is 2.07. The van der Waals surface area contributed by atoms with Crippen LogP contribution in [0.4, 0.5) is 5.69 Å². The average Bonchev–Trinajstić information content (AvgIpc) is 2.23. The van der Waals surface area contributed by atoms with Gasteiger partial charge in [0.25, 0.3) is 0 Å². The second-order valence-corrected chi connectivity index (χ2v) is 3.98. The number of hydrogen-bond acceptors (Lipinski definition) is 3. The van der Waals surface area contributed by atoms with Crippen molar-refractivity contribution in [2.24, 2.45) is 5.92 Å². The summed E-state index contributed by atoms with van der Waals surface area (Å²) in [6.45, 7) is 3.88. The molecule has 1 saturated heterocycles. The quantitative estimate of drug-likeness (QED) is 0.728. The molecule has 0 radical (unpaired) electrons. The summed E-state index contributed by atoms with van der Waals surface area (Å²) in [6, 6.07) is 3.98. The van der Waals surface area contributed by atoms with Gasteiger partial charge in [-0.25, -0.2) is 0 Å². The molecule has 0 saturated carbocycles. The summed E-state index contributed by atoms with van der Waals surface area (Å²) >= 11 is 0. The maximum atomic E-state index is 9.75. The molecule has 1 N–H and O–H groups in total. The summed E-state index contributed by atoms with van der Waals surface area (Å²) in [4.78, 5) is 6.20. The fourth-order valence-corrected chi connectivity index (χ4v) is 1.84. The average molecular weight is 192 g/mol. The van der Waals surface area contributed by atoms with Gasteiger partial charge in [-0.2, -0.15) is 0 Å². The Morgan fingerprint density at radius 2 is 2.14 bits per heavy atom. The first-order chi connectivity index (χ1) is 6.77. The van der Waals surface area contributed by atoms with Gasteiger partial charge in [-0.15, -0.1) is 0 Å². The summed E-state index contributed by atoms with van der Waals surface area (Å²) in [5.74, 6) is 0.424. The van der Waals surface area contributed by atoms with Gasteiger partial charge in [0.05, 0.1) is 6.10 Å². The molecule has 2 unspecified atom stereocenters. The second-order valence-electron chi connectivity index (χ2n) is 3.98. The highest BCUT2D eigenvalue weighted by molar-refractivity contribution is 5.45. The number of aliphatic hydroxyl groups excluding tert-OH is 1. The van der Waals surface area contributed by atoms with Crippen molar-refractivity contribution in [3.63, 3.8) is 0 Å². The van der Waals surface area contributed by atoms with E-state index in [1.165, 1.54) is 0 Å². The number of pyridine rings is 1. The maximum absolute atomic E-state index is 9.75. The highest BCUT2D eigenvalue weighted by Crippen LogP contribution is 2.22. The Morgan fingerprint density at radius 3 is 2.79 bits per heavy atom. The zero-order valence-electron chi connectivity index (χ0n) is 8.43. The van der Waals surface area contributed by atoms with E-state index in [0.29, 0.717) is 5.92 Å². The van der Waals surface area contributed by atoms with Crippen LogP contribution in [0.25, 0.3) is 0 Å². The fourth-order valence-electron chi connectivity index (χ4n) is 1.84. The third kappa shape index (κ3) is 1.87. The minimum atomic E-state index is -0.197. The summed E-state index contributed by atoms with van der Waals surface area (Å²) in [6.07, 6.45) is 4.44. The van der Waals surface area contributed by atoms with Gasteiger partial charge < -0.3 is 10.0 Å². The van der Waals surface area contributed by atoms with E-state index >= 15 is 0 Å². The highest BCUT2D eigenvalue weighted by Gasteiger charge is 2.23. The lowest BCUT2D eigenvalue weighted by Crippen LogP contribution is -2.42. The topological polar surface area (TPSA) is 36.4 Å². The third-order valence-electron chi connectivity index (χ3n) is 2.95. The molecule has 0 spiro atoms. The third-order valence-corrected chi connectivity index (χ3v) is 2.95. The monoisotopic (exact) mass is 192 g/mol. The largest absolute Gasteiger partial charge is 0.391 e. The number of rotatable bonds is 1. The number of anilines is 1. The van der Waals surface area contributed by atoms with E-state index in [4.69, 9.17) is 0 Å². The van der Waals surface area contributed by atoms with E-state index in [1.807, 2.05) is 12.1 Å². The predicted molar refractivity (Wildman–Crippen MR) is 56.2 cm³/mol. The van der Waals surface area contributed by atoms with Crippen LogP contribution in [0.1, 0.15) is 13.3 Å². The van der Waals surface area contributed by atoms with Crippen molar-refractivity contribution in [2.75, 3.05) is 18.0 Å². The lowest BCUT2D eigenvalue weighted by molar-refractivity contribution is 0.103. The molecule has 0 bridgehead atoms. The number of β-amino-alcohol motifs (C(OH)–C–C–N with tert-alkyl or cyclic N) is 1. The first kappa shape index (κ1) is 9.46. The number of aliphatic hydroxyl groups is 1. The minimum Gasteiger partial charge on any atom is -0.391 e. The van der Waals surface area contributed by atoms with E-state index < -0.39 is 0 Å². The normalized spacial score (nSPS) is 27.7. The van der Waals surface area contributed by atoms with E-state index in [-0.39, 0.29) is 6.10 Å². The first-order valence-corrected chi connectivity index (χ1v) is 5.10. The molecule has 1 aliphatic rings. The molecule has 2 heterocycles. The van der Waals surface area contributed by atoms with Crippen LogP contribution in [0.15, 0.2) is 24.5 Å². The van der Waals surface area contributed by atoms with Crippen molar-refractivity contribution in [3.05, 3.63) is 24.5 Å². The van der Waals surface area contributed by atoms with Gasteiger partial charge in [0.2, 0.25) is 0 Å². The van der Waals surface area contributed by atoms with Crippen LogP contribution in [0.3, 0.4) is 0 Å². The van der Waals surface area contributed by atoms with Crippen LogP contribution in [0.2, 0.25) is 0 Å². The highest BCUT2D eigenvalue weighted by atomic mass is 16.3. The summed E-state index contributed by atoms with van der Waals surface area (Å²) < 4.78 is 0. The molecule has 3 heteroatoms. The van der Waals surface area contributed by atoms with Crippen molar-refractivity contribution in [1.29, 1.82) is 0 Å². The van der Waals surface area contributed by atoms with Gasteiger partial charge in [-0.3, -0.25) is 4.98 Å². The molecule has 1 fully saturated rings. The fraction of sp³-hybridized carbons (Fsp3) is 0.545. The Labute approximate surface area is 84.4 Å². The molecule has 0 aliphatic carbocycles. The van der Waals surface area contributed by atoms with E-state index in [2.05, 4.69) is 16.8 Å². The molecule has 1 aromatic rings. The van der Waals surface area contributed by atoms with Gasteiger partial charge in [-0.05, 0) is 24.5 Å².